The normalized spacial score (nSPS) is 18.8. The second kappa shape index (κ2) is 10.2. The molecule has 9 nitrogen and oxygen atoms in total. The van der Waals surface area contributed by atoms with E-state index in [1.807, 2.05) is 16.9 Å². The number of piperazine rings is 1. The first-order valence-electron chi connectivity index (χ1n) is 12.4. The van der Waals surface area contributed by atoms with Gasteiger partial charge in [0.05, 0.1) is 22.2 Å². The molecule has 2 aromatic heterocycles. The zero-order chi connectivity index (χ0) is 24.4. The van der Waals surface area contributed by atoms with Crippen molar-refractivity contribution in [3.8, 4) is 0 Å². The number of pyridine rings is 1. The van der Waals surface area contributed by atoms with Gasteiger partial charge in [-0.15, -0.1) is 0 Å². The summed E-state index contributed by atoms with van der Waals surface area (Å²) in [6.07, 6.45) is 3.86. The minimum atomic E-state index is -3.46. The highest BCUT2D eigenvalue weighted by Gasteiger charge is 2.29. The predicted octanol–water partition coefficient (Wildman–Crippen LogP) is 2.86. The summed E-state index contributed by atoms with van der Waals surface area (Å²) in [4.78, 5) is 7.60. The van der Waals surface area contributed by atoms with Gasteiger partial charge in [0.25, 0.3) is 0 Å². The molecular weight excluding hydrogens is 464 g/mol. The molecule has 2 aliphatic rings. The Hall–Kier alpha value is -2.53. The lowest BCUT2D eigenvalue weighted by Gasteiger charge is -2.35. The number of nitrogens with zero attached hydrogens (tertiary/aromatic N) is 5. The lowest BCUT2D eigenvalue weighted by Crippen LogP contribution is -2.48. The third-order valence-corrected chi connectivity index (χ3v) is 8.97. The Morgan fingerprint density at radius 2 is 1.80 bits per heavy atom. The van der Waals surface area contributed by atoms with E-state index in [1.165, 1.54) is 5.56 Å². The third-order valence-electron chi connectivity index (χ3n) is 7.06. The van der Waals surface area contributed by atoms with Crippen molar-refractivity contribution in [3.05, 3.63) is 47.8 Å². The maximum atomic E-state index is 13.0. The fraction of sp³-hybridized carbons (Fsp3) is 0.520. The first-order valence-corrected chi connectivity index (χ1v) is 13.9. The van der Waals surface area contributed by atoms with Crippen LogP contribution in [0.3, 0.4) is 0 Å². The van der Waals surface area contributed by atoms with Crippen molar-refractivity contribution < 1.29 is 13.2 Å². The lowest BCUT2D eigenvalue weighted by atomic mass is 10.0. The van der Waals surface area contributed by atoms with Gasteiger partial charge in [-0.25, -0.2) is 18.1 Å². The molecule has 2 fully saturated rings. The van der Waals surface area contributed by atoms with Crippen LogP contribution in [0.4, 0.5) is 5.69 Å². The van der Waals surface area contributed by atoms with Gasteiger partial charge in [-0.05, 0) is 38.8 Å². The van der Waals surface area contributed by atoms with E-state index in [4.69, 9.17) is 9.72 Å². The molecule has 1 aromatic carbocycles. The van der Waals surface area contributed by atoms with Gasteiger partial charge in [-0.2, -0.15) is 9.40 Å². The van der Waals surface area contributed by atoms with Crippen molar-refractivity contribution in [2.75, 3.05) is 44.7 Å². The van der Waals surface area contributed by atoms with Crippen LogP contribution < -0.4 is 5.32 Å². The highest BCUT2D eigenvalue weighted by molar-refractivity contribution is 7.89. The number of nitrogens with one attached hydrogen (secondary N) is 1. The molecule has 1 N–H and O–H groups in total. The number of aryl methyl sites for hydroxylation is 2. The molecule has 0 saturated carbocycles. The zero-order valence-electron chi connectivity index (χ0n) is 20.5. The van der Waals surface area contributed by atoms with Crippen molar-refractivity contribution in [3.63, 3.8) is 0 Å². The summed E-state index contributed by atoms with van der Waals surface area (Å²) in [5, 5.41) is 9.42. The molecule has 0 aliphatic carbocycles. The molecule has 5 rings (SSSR count). The number of rotatable bonds is 7. The molecule has 2 saturated heterocycles. The Labute approximate surface area is 207 Å². The van der Waals surface area contributed by atoms with E-state index in [0.717, 1.165) is 61.6 Å². The maximum absolute atomic E-state index is 13.0. The Bertz CT molecular complexity index is 1260. The van der Waals surface area contributed by atoms with Crippen molar-refractivity contribution >= 4 is 26.7 Å². The topological polar surface area (TPSA) is 92.6 Å². The van der Waals surface area contributed by atoms with Gasteiger partial charge in [0.1, 0.15) is 0 Å². The van der Waals surface area contributed by atoms with Gasteiger partial charge in [0, 0.05) is 69.8 Å². The molecular formula is C25H34N6O3S. The number of sulfonamides is 1. The molecule has 0 atom stereocenters. The number of ether oxygens (including phenoxy) is 1. The van der Waals surface area contributed by atoms with Gasteiger partial charge < -0.3 is 10.1 Å². The van der Waals surface area contributed by atoms with Gasteiger partial charge in [0.2, 0.25) is 10.0 Å². The summed E-state index contributed by atoms with van der Waals surface area (Å²) in [5.74, 6) is 0. The summed E-state index contributed by atoms with van der Waals surface area (Å²) in [5.41, 5.74) is 4.17. The second-order valence-corrected chi connectivity index (χ2v) is 11.2. The van der Waals surface area contributed by atoms with E-state index in [9.17, 15) is 8.42 Å². The summed E-state index contributed by atoms with van der Waals surface area (Å²) < 4.78 is 35.2. The highest BCUT2D eigenvalue weighted by Crippen LogP contribution is 2.32. The Morgan fingerprint density at radius 1 is 1.09 bits per heavy atom. The van der Waals surface area contributed by atoms with E-state index < -0.39 is 10.0 Å². The molecule has 0 unspecified atom stereocenters. The van der Waals surface area contributed by atoms with E-state index in [2.05, 4.69) is 29.2 Å². The maximum Gasteiger partial charge on any atom is 0.243 e. The first kappa shape index (κ1) is 24.2. The molecule has 0 spiro atoms. The monoisotopic (exact) mass is 498 g/mol. The molecule has 0 radical (unpaired) electrons. The molecule has 2 aliphatic heterocycles. The van der Waals surface area contributed by atoms with Crippen LogP contribution in [0.2, 0.25) is 0 Å². The number of anilines is 1. The summed E-state index contributed by atoms with van der Waals surface area (Å²) in [7, 11) is -3.46. The zero-order valence-corrected chi connectivity index (χ0v) is 21.3. The van der Waals surface area contributed by atoms with Crippen LogP contribution in [0.5, 0.6) is 0 Å². The fourth-order valence-electron chi connectivity index (χ4n) is 4.97. The molecule has 0 amide bonds. The van der Waals surface area contributed by atoms with Gasteiger partial charge in [-0.3, -0.25) is 4.90 Å². The van der Waals surface area contributed by atoms with Crippen molar-refractivity contribution in [2.24, 2.45) is 0 Å². The average molecular weight is 499 g/mol. The van der Waals surface area contributed by atoms with Crippen molar-refractivity contribution in [1.82, 2.24) is 24.0 Å². The van der Waals surface area contributed by atoms with Crippen LogP contribution in [0.15, 0.2) is 41.4 Å². The quantitative estimate of drug-likeness (QED) is 0.535. The van der Waals surface area contributed by atoms with E-state index in [0.29, 0.717) is 37.1 Å². The minimum Gasteiger partial charge on any atom is -0.381 e. The molecule has 3 aromatic rings. The van der Waals surface area contributed by atoms with Crippen LogP contribution in [0.1, 0.15) is 31.0 Å². The number of benzene rings is 1. The SMILES string of the molecule is CCn1ncc2c(NC3CCOCC3)c(CN3CCN(S(=O)(=O)c4ccccc4)CC3)c(C)nc21. The van der Waals surface area contributed by atoms with Crippen LogP contribution in [0, 0.1) is 6.92 Å². The van der Waals surface area contributed by atoms with Crippen LogP contribution in [0.25, 0.3) is 11.0 Å². The van der Waals surface area contributed by atoms with Gasteiger partial charge >= 0.3 is 0 Å². The summed E-state index contributed by atoms with van der Waals surface area (Å²) >= 11 is 0. The van der Waals surface area contributed by atoms with Gasteiger partial charge in [-0.1, -0.05) is 18.2 Å². The molecule has 0 bridgehead atoms. The minimum absolute atomic E-state index is 0.352. The Morgan fingerprint density at radius 3 is 2.49 bits per heavy atom. The average Bonchev–Trinajstić information content (AvgIpc) is 3.30. The molecule has 188 valence electrons. The van der Waals surface area contributed by atoms with E-state index in [-0.39, 0.29) is 0 Å². The number of hydrogen-bond acceptors (Lipinski definition) is 7. The van der Waals surface area contributed by atoms with E-state index in [1.54, 1.807) is 28.6 Å². The van der Waals surface area contributed by atoms with Crippen molar-refractivity contribution in [2.45, 2.75) is 50.7 Å². The largest absolute Gasteiger partial charge is 0.381 e. The van der Waals surface area contributed by atoms with Crippen LogP contribution in [-0.4, -0.2) is 77.8 Å². The first-order chi connectivity index (χ1) is 17.0. The number of hydrogen-bond donors (Lipinski definition) is 1. The molecule has 10 heteroatoms. The Kier molecular flexibility index (Phi) is 7.06. The smallest absolute Gasteiger partial charge is 0.243 e. The van der Waals surface area contributed by atoms with Crippen LogP contribution in [-0.2, 0) is 27.8 Å². The fourth-order valence-corrected chi connectivity index (χ4v) is 6.42. The van der Waals surface area contributed by atoms with E-state index >= 15 is 0 Å². The Balaban J connectivity index is 1.37. The number of aromatic nitrogens is 3. The predicted molar refractivity (Wildman–Crippen MR) is 136 cm³/mol. The second-order valence-electron chi connectivity index (χ2n) is 9.27. The molecule has 35 heavy (non-hydrogen) atoms. The molecule has 4 heterocycles. The lowest BCUT2D eigenvalue weighted by molar-refractivity contribution is 0.0904. The number of fused-ring (bicyclic) bond motifs is 1. The third kappa shape index (κ3) is 4.93. The van der Waals surface area contributed by atoms with Gasteiger partial charge in [0.15, 0.2) is 5.65 Å². The summed E-state index contributed by atoms with van der Waals surface area (Å²) in [6, 6.07) is 9.05. The van der Waals surface area contributed by atoms with Crippen molar-refractivity contribution in [1.29, 1.82) is 0 Å². The van der Waals surface area contributed by atoms with Crippen LogP contribution >= 0.6 is 0 Å². The standard InChI is InChI=1S/C25H34N6O3S/c1-3-31-25-22(17-26-31)24(28-20-9-15-34-16-10-20)23(19(2)27-25)18-29-11-13-30(14-12-29)35(32,33)21-7-5-4-6-8-21/h4-8,17,20H,3,9-16,18H2,1-2H3,(H,27,28). The highest BCUT2D eigenvalue weighted by atomic mass is 32.2. The summed E-state index contributed by atoms with van der Waals surface area (Å²) in [6.45, 7) is 9.46.